The van der Waals surface area contributed by atoms with E-state index in [-0.39, 0.29) is 35.8 Å². The number of nitriles is 1. The van der Waals surface area contributed by atoms with Gasteiger partial charge in [-0.1, -0.05) is 46.2 Å². The number of halogens is 3. The van der Waals surface area contributed by atoms with E-state index in [0.29, 0.717) is 16.6 Å². The molecule has 0 radical (unpaired) electrons. The second-order valence-corrected chi connectivity index (χ2v) is 13.2. The molecule has 2 heterocycles. The molecule has 1 aliphatic heterocycles. The summed E-state index contributed by atoms with van der Waals surface area (Å²) < 4.78 is 39.2. The van der Waals surface area contributed by atoms with Crippen molar-refractivity contribution in [3.8, 4) is 6.07 Å². The van der Waals surface area contributed by atoms with Crippen molar-refractivity contribution in [3.63, 3.8) is 0 Å². The molecule has 0 spiro atoms. The molecule has 0 bridgehead atoms. The minimum absolute atomic E-state index is 0.0783. The molecule has 226 valence electrons. The number of hydrogen-bond acceptors (Lipinski definition) is 5. The van der Waals surface area contributed by atoms with Crippen molar-refractivity contribution in [1.82, 2.24) is 20.5 Å². The lowest BCUT2D eigenvalue weighted by Gasteiger charge is -2.37. The van der Waals surface area contributed by atoms with Crippen LogP contribution in [0.2, 0.25) is 0 Å². The van der Waals surface area contributed by atoms with E-state index in [4.69, 9.17) is 0 Å². The highest BCUT2D eigenvalue weighted by Gasteiger charge is 2.70. The molecule has 2 fully saturated rings. The number of aromatic nitrogens is 1. The topological polar surface area (TPSA) is 135 Å². The van der Waals surface area contributed by atoms with Crippen LogP contribution < -0.4 is 16.2 Å². The normalized spacial score (nSPS) is 22.6. The van der Waals surface area contributed by atoms with Gasteiger partial charge in [0.1, 0.15) is 18.1 Å². The van der Waals surface area contributed by atoms with Gasteiger partial charge in [-0.05, 0) is 54.2 Å². The van der Waals surface area contributed by atoms with Crippen LogP contribution in [-0.4, -0.2) is 58.5 Å². The molecule has 42 heavy (non-hydrogen) atoms. The summed E-state index contributed by atoms with van der Waals surface area (Å²) in [5.74, 6) is -4.03. The minimum atomic E-state index is -5.19. The molecule has 0 unspecified atom stereocenters. The number of piperidine rings is 1. The Morgan fingerprint density at radius 2 is 1.81 bits per heavy atom. The summed E-state index contributed by atoms with van der Waals surface area (Å²) in [5.41, 5.74) is 0.876. The standard InChI is InChI=1S/C30H36F3N5O4/c1-14-8-9-20-17(10-14)15(2)18(24(39)36-20)11-16(12-34)35-25(40)22-21-19(29(21,6)7)13-38(22)26(41)23(28(3,4)5)37-27(42)30(31,32)33/h8-10,16,19,21-23H,11,13H2,1-7H3,(H,35,40)(H,36,39)(H,37,42)/t16-,19-,21-,22-,23+/m0/s1. The molecule has 1 aromatic carbocycles. The number of carbonyl (C=O) groups is 3. The molecule has 1 saturated heterocycles. The van der Waals surface area contributed by atoms with Crippen LogP contribution in [0.15, 0.2) is 23.0 Å². The smallest absolute Gasteiger partial charge is 0.338 e. The van der Waals surface area contributed by atoms with Gasteiger partial charge in [0.25, 0.3) is 5.56 Å². The first-order valence-corrected chi connectivity index (χ1v) is 13.8. The van der Waals surface area contributed by atoms with Crippen LogP contribution in [0.5, 0.6) is 0 Å². The number of carbonyl (C=O) groups excluding carboxylic acids is 3. The van der Waals surface area contributed by atoms with E-state index in [1.165, 1.54) is 25.7 Å². The maximum absolute atomic E-state index is 13.7. The Morgan fingerprint density at radius 1 is 1.17 bits per heavy atom. The van der Waals surface area contributed by atoms with Crippen molar-refractivity contribution in [3.05, 3.63) is 45.2 Å². The zero-order valence-corrected chi connectivity index (χ0v) is 24.7. The Balaban J connectivity index is 1.60. The predicted molar refractivity (Wildman–Crippen MR) is 149 cm³/mol. The van der Waals surface area contributed by atoms with Crippen LogP contribution in [0.4, 0.5) is 13.2 Å². The largest absolute Gasteiger partial charge is 0.471 e. The molecule has 12 heteroatoms. The maximum Gasteiger partial charge on any atom is 0.471 e. The van der Waals surface area contributed by atoms with Crippen molar-refractivity contribution < 1.29 is 27.6 Å². The summed E-state index contributed by atoms with van der Waals surface area (Å²) in [4.78, 5) is 56.1. The van der Waals surface area contributed by atoms with E-state index in [1.807, 2.05) is 44.3 Å². The Bertz CT molecular complexity index is 1550. The number of H-pyrrole nitrogens is 1. The van der Waals surface area contributed by atoms with Gasteiger partial charge in [0.2, 0.25) is 11.8 Å². The molecule has 4 rings (SSSR count). The van der Waals surface area contributed by atoms with Crippen molar-refractivity contribution >= 4 is 28.6 Å². The summed E-state index contributed by atoms with van der Waals surface area (Å²) in [5, 5.41) is 15.2. The van der Waals surface area contributed by atoms with Crippen LogP contribution in [0.25, 0.3) is 10.9 Å². The third-order valence-corrected chi connectivity index (χ3v) is 8.84. The molecular formula is C30H36F3N5O4. The van der Waals surface area contributed by atoms with Crippen molar-refractivity contribution in [1.29, 1.82) is 5.26 Å². The summed E-state index contributed by atoms with van der Waals surface area (Å²) in [7, 11) is 0. The summed E-state index contributed by atoms with van der Waals surface area (Å²) >= 11 is 0. The van der Waals surface area contributed by atoms with Crippen LogP contribution in [0.3, 0.4) is 0 Å². The number of nitrogens with zero attached hydrogens (tertiary/aromatic N) is 2. The number of rotatable bonds is 6. The maximum atomic E-state index is 13.7. The number of benzene rings is 1. The number of aryl methyl sites for hydroxylation is 2. The number of amides is 3. The lowest BCUT2D eigenvalue weighted by atomic mass is 9.85. The second kappa shape index (κ2) is 10.4. The van der Waals surface area contributed by atoms with Gasteiger partial charge < -0.3 is 20.5 Å². The Hall–Kier alpha value is -3.88. The number of likely N-dealkylation sites (tertiary alicyclic amines) is 1. The van der Waals surface area contributed by atoms with E-state index < -0.39 is 47.4 Å². The molecule has 9 nitrogen and oxygen atoms in total. The average molecular weight is 588 g/mol. The molecular weight excluding hydrogens is 551 g/mol. The van der Waals surface area contributed by atoms with Gasteiger partial charge in [-0.3, -0.25) is 19.2 Å². The first kappa shape index (κ1) is 31.1. The molecule has 1 saturated carbocycles. The third kappa shape index (κ3) is 5.61. The average Bonchev–Trinajstić information content (AvgIpc) is 3.20. The minimum Gasteiger partial charge on any atom is -0.338 e. The molecule has 1 aromatic heterocycles. The van der Waals surface area contributed by atoms with Crippen molar-refractivity contribution in [2.24, 2.45) is 22.7 Å². The first-order chi connectivity index (χ1) is 19.3. The zero-order valence-electron chi connectivity index (χ0n) is 24.7. The van der Waals surface area contributed by atoms with Gasteiger partial charge in [-0.25, -0.2) is 0 Å². The highest BCUT2D eigenvalue weighted by atomic mass is 19.4. The zero-order chi connectivity index (χ0) is 31.5. The number of aromatic amines is 1. The van der Waals surface area contributed by atoms with E-state index in [1.54, 1.807) is 13.0 Å². The lowest BCUT2D eigenvalue weighted by Crippen LogP contribution is -2.61. The van der Waals surface area contributed by atoms with Crippen LogP contribution >= 0.6 is 0 Å². The van der Waals surface area contributed by atoms with Gasteiger partial charge >= 0.3 is 12.1 Å². The van der Waals surface area contributed by atoms with Crippen LogP contribution in [0, 0.1) is 47.8 Å². The Kier molecular flexibility index (Phi) is 7.72. The second-order valence-electron chi connectivity index (χ2n) is 13.2. The van der Waals surface area contributed by atoms with E-state index in [2.05, 4.69) is 10.3 Å². The van der Waals surface area contributed by atoms with Crippen molar-refractivity contribution in [2.75, 3.05) is 6.54 Å². The van der Waals surface area contributed by atoms with Gasteiger partial charge in [0.15, 0.2) is 0 Å². The highest BCUT2D eigenvalue weighted by Crippen LogP contribution is 2.65. The Labute approximate surface area is 241 Å². The predicted octanol–water partition coefficient (Wildman–Crippen LogP) is 3.27. The number of pyridine rings is 1. The fourth-order valence-corrected chi connectivity index (χ4v) is 6.28. The molecule has 1 aliphatic carbocycles. The molecule has 5 atom stereocenters. The number of fused-ring (bicyclic) bond motifs is 2. The summed E-state index contributed by atoms with van der Waals surface area (Å²) in [6.07, 6.45) is -5.27. The Morgan fingerprint density at radius 3 is 2.38 bits per heavy atom. The van der Waals surface area contributed by atoms with Gasteiger partial charge in [-0.15, -0.1) is 0 Å². The SMILES string of the molecule is Cc1ccc2[nH]c(=O)c(C[C@@H](C#N)NC(=O)[C@@H]3[C@@H]4[C@H](CN3C(=O)[C@@H](NC(=O)C(F)(F)F)C(C)(C)C)C4(C)C)c(C)c2c1. The van der Waals surface area contributed by atoms with E-state index >= 15 is 0 Å². The molecule has 3 N–H and O–H groups in total. The summed E-state index contributed by atoms with van der Waals surface area (Å²) in [6.45, 7) is 12.3. The fraction of sp³-hybridized carbons (Fsp3) is 0.567. The fourth-order valence-electron chi connectivity index (χ4n) is 6.28. The number of nitrogens with one attached hydrogen (secondary N) is 3. The van der Waals surface area contributed by atoms with Crippen LogP contribution in [-0.2, 0) is 20.8 Å². The van der Waals surface area contributed by atoms with E-state index in [0.717, 1.165) is 10.9 Å². The van der Waals surface area contributed by atoms with E-state index in [9.17, 15) is 37.6 Å². The number of hydrogen-bond donors (Lipinski definition) is 3. The molecule has 2 aromatic rings. The van der Waals surface area contributed by atoms with Crippen LogP contribution in [0.1, 0.15) is 51.3 Å². The van der Waals surface area contributed by atoms with Crippen molar-refractivity contribution in [2.45, 2.75) is 79.2 Å². The first-order valence-electron chi connectivity index (χ1n) is 13.8. The molecule has 3 amide bonds. The lowest BCUT2D eigenvalue weighted by molar-refractivity contribution is -0.176. The van der Waals surface area contributed by atoms with Gasteiger partial charge in [0.05, 0.1) is 6.07 Å². The van der Waals surface area contributed by atoms with Gasteiger partial charge in [-0.2, -0.15) is 18.4 Å². The van der Waals surface area contributed by atoms with Gasteiger partial charge in [0, 0.05) is 29.4 Å². The number of alkyl halides is 3. The monoisotopic (exact) mass is 587 g/mol. The summed E-state index contributed by atoms with van der Waals surface area (Å²) in [6, 6.07) is 3.91. The third-order valence-electron chi connectivity index (χ3n) is 8.84. The quantitative estimate of drug-likeness (QED) is 0.477. The molecule has 2 aliphatic rings. The highest BCUT2D eigenvalue weighted by molar-refractivity contribution is 5.95.